The highest BCUT2D eigenvalue weighted by Gasteiger charge is 2.17. The highest BCUT2D eigenvalue weighted by molar-refractivity contribution is 7.10. The van der Waals surface area contributed by atoms with E-state index in [2.05, 4.69) is 0 Å². The predicted octanol–water partition coefficient (Wildman–Crippen LogP) is 3.44. The van der Waals surface area contributed by atoms with E-state index in [9.17, 15) is 4.79 Å². The number of ether oxygens (including phenoxy) is 2. The number of hydrogen-bond acceptors (Lipinski definition) is 6. The summed E-state index contributed by atoms with van der Waals surface area (Å²) in [7, 11) is 3.78. The summed E-state index contributed by atoms with van der Waals surface area (Å²) in [4.78, 5) is 18.1. The van der Waals surface area contributed by atoms with Gasteiger partial charge in [-0.15, -0.1) is 22.7 Å². The quantitative estimate of drug-likeness (QED) is 0.545. The first-order valence-electron chi connectivity index (χ1n) is 6.84. The van der Waals surface area contributed by atoms with Gasteiger partial charge in [0, 0.05) is 9.75 Å². The third-order valence-electron chi connectivity index (χ3n) is 2.73. The van der Waals surface area contributed by atoms with E-state index < -0.39 is 0 Å². The molecule has 0 N–H and O–H groups in total. The molecular formula is C15H20N2O3S2. The summed E-state index contributed by atoms with van der Waals surface area (Å²) >= 11 is 3.26. The van der Waals surface area contributed by atoms with Crippen LogP contribution in [0.2, 0.25) is 0 Å². The Morgan fingerprint density at radius 2 is 1.68 bits per heavy atom. The van der Waals surface area contributed by atoms with Crippen molar-refractivity contribution in [2.75, 3.05) is 27.6 Å². The number of thiophene rings is 2. The van der Waals surface area contributed by atoms with Gasteiger partial charge in [-0.3, -0.25) is 9.80 Å². The summed E-state index contributed by atoms with van der Waals surface area (Å²) in [6.45, 7) is 1.47. The number of hydrogen-bond donors (Lipinski definition) is 0. The van der Waals surface area contributed by atoms with E-state index >= 15 is 0 Å². The molecule has 22 heavy (non-hydrogen) atoms. The number of carbonyl (C=O) groups excluding carboxylic acids is 1. The molecular weight excluding hydrogens is 320 g/mol. The molecule has 0 atom stereocenters. The Kier molecular flexibility index (Phi) is 6.85. The highest BCUT2D eigenvalue weighted by Crippen LogP contribution is 2.17. The maximum Gasteiger partial charge on any atom is 0.412 e. The Morgan fingerprint density at radius 1 is 1.09 bits per heavy atom. The zero-order valence-corrected chi connectivity index (χ0v) is 14.4. The summed E-state index contributed by atoms with van der Waals surface area (Å²) in [5.74, 6) is 0. The van der Waals surface area contributed by atoms with E-state index in [1.54, 1.807) is 27.6 Å². The van der Waals surface area contributed by atoms with E-state index in [4.69, 9.17) is 9.47 Å². The van der Waals surface area contributed by atoms with E-state index in [-0.39, 0.29) is 12.9 Å². The van der Waals surface area contributed by atoms with Gasteiger partial charge in [0.05, 0.1) is 13.1 Å². The Labute approximate surface area is 138 Å². The Morgan fingerprint density at radius 3 is 2.14 bits per heavy atom. The molecule has 120 valence electrons. The maximum atomic E-state index is 12.3. The fraction of sp³-hybridized carbons (Fsp3) is 0.400. The average Bonchev–Trinajstić information content (AvgIpc) is 3.16. The molecule has 0 unspecified atom stereocenters. The molecule has 2 heterocycles. The Hall–Kier alpha value is -1.41. The van der Waals surface area contributed by atoms with Crippen LogP contribution in [0.3, 0.4) is 0 Å². The fourth-order valence-electron chi connectivity index (χ4n) is 1.77. The van der Waals surface area contributed by atoms with E-state index in [0.29, 0.717) is 19.8 Å². The van der Waals surface area contributed by atoms with E-state index in [0.717, 1.165) is 9.75 Å². The van der Waals surface area contributed by atoms with Crippen molar-refractivity contribution in [3.63, 3.8) is 0 Å². The minimum Gasteiger partial charge on any atom is -0.422 e. The van der Waals surface area contributed by atoms with Crippen molar-refractivity contribution in [1.29, 1.82) is 0 Å². The van der Waals surface area contributed by atoms with Crippen LogP contribution in [-0.4, -0.2) is 43.5 Å². The monoisotopic (exact) mass is 340 g/mol. The van der Waals surface area contributed by atoms with Crippen LogP contribution < -0.4 is 0 Å². The van der Waals surface area contributed by atoms with Gasteiger partial charge >= 0.3 is 6.09 Å². The molecule has 0 spiro atoms. The summed E-state index contributed by atoms with van der Waals surface area (Å²) in [5.41, 5.74) is 0. The van der Waals surface area contributed by atoms with Crippen LogP contribution in [-0.2, 0) is 22.6 Å². The molecule has 0 fully saturated rings. The molecule has 0 aromatic carbocycles. The van der Waals surface area contributed by atoms with Crippen LogP contribution in [0.25, 0.3) is 0 Å². The van der Waals surface area contributed by atoms with Crippen molar-refractivity contribution in [2.45, 2.75) is 13.1 Å². The van der Waals surface area contributed by atoms with Crippen molar-refractivity contribution in [1.82, 2.24) is 9.80 Å². The molecule has 2 aromatic heterocycles. The number of rotatable bonds is 8. The predicted molar refractivity (Wildman–Crippen MR) is 88.9 cm³/mol. The van der Waals surface area contributed by atoms with Crippen LogP contribution in [0.4, 0.5) is 4.79 Å². The highest BCUT2D eigenvalue weighted by atomic mass is 32.1. The SMILES string of the molecule is CN(C)COCOC(=O)N(Cc1cccs1)Cc1cccs1. The Bertz CT molecular complexity index is 505. The van der Waals surface area contributed by atoms with Gasteiger partial charge in [-0.1, -0.05) is 12.1 Å². The lowest BCUT2D eigenvalue weighted by Crippen LogP contribution is -2.31. The first-order valence-corrected chi connectivity index (χ1v) is 8.60. The topological polar surface area (TPSA) is 42.0 Å². The molecule has 0 radical (unpaired) electrons. The second-order valence-electron chi connectivity index (χ2n) is 4.96. The lowest BCUT2D eigenvalue weighted by molar-refractivity contribution is -0.0581. The van der Waals surface area contributed by atoms with Crippen LogP contribution >= 0.6 is 22.7 Å². The van der Waals surface area contributed by atoms with Gasteiger partial charge in [0.15, 0.2) is 6.79 Å². The van der Waals surface area contributed by atoms with E-state index in [1.165, 1.54) is 0 Å². The summed E-state index contributed by atoms with van der Waals surface area (Å²) in [5, 5.41) is 4.01. The lowest BCUT2D eigenvalue weighted by atomic mass is 10.4. The van der Waals surface area contributed by atoms with Crippen LogP contribution in [0.15, 0.2) is 35.0 Å². The average molecular weight is 340 g/mol. The molecule has 7 heteroatoms. The van der Waals surface area contributed by atoms with Crippen LogP contribution in [0, 0.1) is 0 Å². The second kappa shape index (κ2) is 8.89. The second-order valence-corrected chi connectivity index (χ2v) is 7.02. The molecule has 0 aliphatic rings. The van der Waals surface area contributed by atoms with Gasteiger partial charge in [-0.2, -0.15) is 0 Å². The third kappa shape index (κ3) is 5.76. The van der Waals surface area contributed by atoms with E-state index in [1.807, 2.05) is 54.0 Å². The van der Waals surface area contributed by atoms with Crippen molar-refractivity contribution in [3.8, 4) is 0 Å². The number of carbonyl (C=O) groups is 1. The van der Waals surface area contributed by atoms with Gasteiger partial charge < -0.3 is 9.47 Å². The van der Waals surface area contributed by atoms with Crippen LogP contribution in [0.1, 0.15) is 9.75 Å². The standard InChI is InChI=1S/C15H20N2O3S2/c1-16(2)11-19-12-20-15(18)17(9-13-5-3-7-21-13)10-14-6-4-8-22-14/h3-8H,9-12H2,1-2H3. The molecule has 2 rings (SSSR count). The first-order chi connectivity index (χ1) is 10.6. The third-order valence-corrected chi connectivity index (χ3v) is 4.45. The summed E-state index contributed by atoms with van der Waals surface area (Å²) in [6.07, 6.45) is -0.361. The maximum absolute atomic E-state index is 12.3. The zero-order valence-electron chi connectivity index (χ0n) is 12.7. The van der Waals surface area contributed by atoms with Crippen molar-refractivity contribution >= 4 is 28.8 Å². The molecule has 0 aliphatic heterocycles. The minimum absolute atomic E-state index is 0.0393. The van der Waals surface area contributed by atoms with Gasteiger partial charge in [0.25, 0.3) is 0 Å². The lowest BCUT2D eigenvalue weighted by Gasteiger charge is -2.21. The van der Waals surface area contributed by atoms with Gasteiger partial charge in [0.1, 0.15) is 6.73 Å². The fourth-order valence-corrected chi connectivity index (χ4v) is 3.21. The number of amides is 1. The van der Waals surface area contributed by atoms with Crippen LogP contribution in [0.5, 0.6) is 0 Å². The molecule has 0 aliphatic carbocycles. The first kappa shape index (κ1) is 17.0. The Balaban J connectivity index is 1.89. The van der Waals surface area contributed by atoms with Gasteiger partial charge in [0.2, 0.25) is 0 Å². The molecule has 1 amide bonds. The van der Waals surface area contributed by atoms with Crippen molar-refractivity contribution in [3.05, 3.63) is 44.8 Å². The molecule has 5 nitrogen and oxygen atoms in total. The molecule has 0 saturated heterocycles. The minimum atomic E-state index is -0.361. The molecule has 0 saturated carbocycles. The van der Waals surface area contributed by atoms with Crippen molar-refractivity contribution in [2.24, 2.45) is 0 Å². The normalized spacial score (nSPS) is 10.9. The van der Waals surface area contributed by atoms with Gasteiger partial charge in [-0.05, 0) is 37.0 Å². The molecule has 0 bridgehead atoms. The van der Waals surface area contributed by atoms with Gasteiger partial charge in [-0.25, -0.2) is 4.79 Å². The van der Waals surface area contributed by atoms with Crippen molar-refractivity contribution < 1.29 is 14.3 Å². The smallest absolute Gasteiger partial charge is 0.412 e. The summed E-state index contributed by atoms with van der Waals surface area (Å²) < 4.78 is 10.4. The number of nitrogens with zero attached hydrogens (tertiary/aromatic N) is 2. The molecule has 2 aromatic rings. The largest absolute Gasteiger partial charge is 0.422 e. The summed E-state index contributed by atoms with van der Waals surface area (Å²) in [6, 6.07) is 7.99. The zero-order chi connectivity index (χ0) is 15.8.